The molecule has 184 valence electrons. The molecule has 0 aliphatic heterocycles. The molecule has 0 spiro atoms. The van der Waals surface area contributed by atoms with Crippen LogP contribution < -0.4 is 26.0 Å². The third-order valence-electron chi connectivity index (χ3n) is 5.66. The summed E-state index contributed by atoms with van der Waals surface area (Å²) in [6.45, 7) is 4.85. The Bertz CT molecular complexity index is 1010. The van der Waals surface area contributed by atoms with Gasteiger partial charge in [0.25, 0.3) is 5.91 Å². The molecule has 0 radical (unpaired) electrons. The van der Waals surface area contributed by atoms with Crippen molar-refractivity contribution in [3.05, 3.63) is 47.2 Å². The maximum Gasteiger partial charge on any atom is 0.323 e. The van der Waals surface area contributed by atoms with Crippen LogP contribution in [0.25, 0.3) is 0 Å². The van der Waals surface area contributed by atoms with Crippen LogP contribution in [-0.2, 0) is 4.79 Å². The number of nitrogens with two attached hydrogens (primary N) is 1. The standard InChI is InChI=1S/C25H32ClFN4O3/c1-16(2)14-31(18-6-4-3-5-7-18)23-11-9-19(34-15-24(28)32)13-22(23)30-25(33)29-21-10-8-17(26)12-20(21)27/h8-13,16,18H,3-7,14-15H2,1-2H3,(H2,28,32)(H2,29,30,33). The predicted octanol–water partition coefficient (Wildman–Crippen LogP) is 5.78. The fourth-order valence-corrected chi connectivity index (χ4v) is 4.37. The van der Waals surface area contributed by atoms with E-state index in [0.29, 0.717) is 23.4 Å². The van der Waals surface area contributed by atoms with Crippen LogP contribution in [0.2, 0.25) is 5.02 Å². The first kappa shape index (κ1) is 25.6. The summed E-state index contributed by atoms with van der Waals surface area (Å²) in [5.74, 6) is -0.440. The lowest BCUT2D eigenvalue weighted by Gasteiger charge is -2.38. The van der Waals surface area contributed by atoms with Crippen LogP contribution in [0.3, 0.4) is 0 Å². The molecule has 4 N–H and O–H groups in total. The molecule has 0 bridgehead atoms. The number of carbonyl (C=O) groups excluding carboxylic acids is 2. The topological polar surface area (TPSA) is 96.7 Å². The van der Waals surface area contributed by atoms with Gasteiger partial charge in [-0.25, -0.2) is 9.18 Å². The Morgan fingerprint density at radius 1 is 1.12 bits per heavy atom. The smallest absolute Gasteiger partial charge is 0.323 e. The van der Waals surface area contributed by atoms with Gasteiger partial charge in [0, 0.05) is 23.7 Å². The second kappa shape index (κ2) is 11.9. The molecule has 3 rings (SSSR count). The molecule has 7 nitrogen and oxygen atoms in total. The molecule has 2 aromatic carbocycles. The van der Waals surface area contributed by atoms with Crippen LogP contribution in [0.1, 0.15) is 46.0 Å². The van der Waals surface area contributed by atoms with E-state index in [2.05, 4.69) is 29.4 Å². The van der Waals surface area contributed by atoms with Crippen LogP contribution in [-0.4, -0.2) is 31.1 Å². The quantitative estimate of drug-likeness (QED) is 0.415. The molecule has 1 fully saturated rings. The lowest BCUT2D eigenvalue weighted by Crippen LogP contribution is -2.40. The Hall–Kier alpha value is -3.00. The normalized spacial score (nSPS) is 14.0. The number of halogens is 2. The molecule has 0 saturated heterocycles. The summed E-state index contributed by atoms with van der Waals surface area (Å²) in [7, 11) is 0. The van der Waals surface area contributed by atoms with Crippen molar-refractivity contribution in [3.63, 3.8) is 0 Å². The number of carbonyl (C=O) groups is 2. The Kier molecular flexibility index (Phi) is 8.98. The van der Waals surface area contributed by atoms with E-state index in [9.17, 15) is 14.0 Å². The van der Waals surface area contributed by atoms with Crippen molar-refractivity contribution in [1.82, 2.24) is 0 Å². The summed E-state index contributed by atoms with van der Waals surface area (Å²) < 4.78 is 19.6. The number of hydrogen-bond donors (Lipinski definition) is 3. The van der Waals surface area contributed by atoms with Crippen LogP contribution in [0.15, 0.2) is 36.4 Å². The average molecular weight is 491 g/mol. The molecule has 34 heavy (non-hydrogen) atoms. The first-order chi connectivity index (χ1) is 16.2. The zero-order valence-corrected chi connectivity index (χ0v) is 20.3. The van der Waals surface area contributed by atoms with Gasteiger partial charge in [0.15, 0.2) is 6.61 Å². The fourth-order valence-electron chi connectivity index (χ4n) is 4.21. The average Bonchev–Trinajstić information content (AvgIpc) is 2.79. The Morgan fingerprint density at radius 3 is 2.47 bits per heavy atom. The van der Waals surface area contributed by atoms with Gasteiger partial charge in [-0.3, -0.25) is 4.79 Å². The van der Waals surface area contributed by atoms with Gasteiger partial charge < -0.3 is 26.0 Å². The van der Waals surface area contributed by atoms with Gasteiger partial charge in [0.05, 0.1) is 17.1 Å². The summed E-state index contributed by atoms with van der Waals surface area (Å²) in [6, 6.07) is 9.08. The van der Waals surface area contributed by atoms with E-state index in [4.69, 9.17) is 22.1 Å². The number of nitrogens with zero attached hydrogens (tertiary/aromatic N) is 1. The summed E-state index contributed by atoms with van der Waals surface area (Å²) in [5, 5.41) is 5.60. The molecule has 0 aromatic heterocycles. The molecule has 2 aromatic rings. The van der Waals surface area contributed by atoms with E-state index < -0.39 is 17.8 Å². The van der Waals surface area contributed by atoms with E-state index in [-0.39, 0.29) is 17.3 Å². The highest BCUT2D eigenvalue weighted by atomic mass is 35.5. The highest BCUT2D eigenvalue weighted by Crippen LogP contribution is 2.36. The van der Waals surface area contributed by atoms with Gasteiger partial charge in [-0.2, -0.15) is 0 Å². The van der Waals surface area contributed by atoms with Crippen molar-refractivity contribution in [3.8, 4) is 5.75 Å². The Balaban J connectivity index is 1.90. The maximum absolute atomic E-state index is 14.2. The first-order valence-corrected chi connectivity index (χ1v) is 12.0. The van der Waals surface area contributed by atoms with E-state index in [1.807, 2.05) is 6.07 Å². The van der Waals surface area contributed by atoms with Crippen LogP contribution in [0.4, 0.5) is 26.2 Å². The Labute approximate surface area is 204 Å². The third kappa shape index (κ3) is 7.25. The zero-order valence-electron chi connectivity index (χ0n) is 19.6. The number of anilines is 3. The lowest BCUT2D eigenvalue weighted by molar-refractivity contribution is -0.119. The molecular formula is C25H32ClFN4O3. The molecule has 0 unspecified atom stereocenters. The predicted molar refractivity (Wildman–Crippen MR) is 134 cm³/mol. The van der Waals surface area contributed by atoms with Crippen molar-refractivity contribution in [2.75, 3.05) is 28.7 Å². The minimum absolute atomic E-state index is 0.0101. The number of benzene rings is 2. The first-order valence-electron chi connectivity index (χ1n) is 11.6. The molecule has 9 heteroatoms. The summed E-state index contributed by atoms with van der Waals surface area (Å²) in [4.78, 5) is 26.3. The minimum Gasteiger partial charge on any atom is -0.484 e. The van der Waals surface area contributed by atoms with E-state index in [0.717, 1.165) is 44.0 Å². The van der Waals surface area contributed by atoms with E-state index in [1.54, 1.807) is 12.1 Å². The van der Waals surface area contributed by atoms with Gasteiger partial charge >= 0.3 is 6.03 Å². The molecule has 3 amide bonds. The zero-order chi connectivity index (χ0) is 24.7. The van der Waals surface area contributed by atoms with Crippen LogP contribution in [0.5, 0.6) is 5.75 Å². The second-order valence-corrected chi connectivity index (χ2v) is 9.41. The summed E-state index contributed by atoms with van der Waals surface area (Å²) in [5.41, 5.74) is 6.56. The number of ether oxygens (including phenoxy) is 1. The third-order valence-corrected chi connectivity index (χ3v) is 5.90. The van der Waals surface area contributed by atoms with Crippen LogP contribution in [0, 0.1) is 11.7 Å². The maximum atomic E-state index is 14.2. The molecule has 0 heterocycles. The summed E-state index contributed by atoms with van der Waals surface area (Å²) in [6.07, 6.45) is 5.71. The van der Waals surface area contributed by atoms with Crippen molar-refractivity contribution in [1.29, 1.82) is 0 Å². The molecule has 1 aliphatic rings. The van der Waals surface area contributed by atoms with Crippen molar-refractivity contribution < 1.29 is 18.7 Å². The van der Waals surface area contributed by atoms with Crippen molar-refractivity contribution >= 4 is 40.6 Å². The highest BCUT2D eigenvalue weighted by Gasteiger charge is 2.25. The largest absolute Gasteiger partial charge is 0.484 e. The number of nitrogens with one attached hydrogen (secondary N) is 2. The number of urea groups is 1. The molecule has 0 atom stereocenters. The number of primary amides is 1. The minimum atomic E-state index is -0.634. The monoisotopic (exact) mass is 490 g/mol. The van der Waals surface area contributed by atoms with Crippen molar-refractivity contribution in [2.45, 2.75) is 52.0 Å². The molecular weight excluding hydrogens is 459 g/mol. The molecule has 1 saturated carbocycles. The van der Waals surface area contributed by atoms with Crippen molar-refractivity contribution in [2.24, 2.45) is 11.7 Å². The van der Waals surface area contributed by atoms with Gasteiger partial charge in [-0.15, -0.1) is 0 Å². The van der Waals surface area contributed by atoms with Gasteiger partial charge in [-0.05, 0) is 49.1 Å². The molecule has 1 aliphatic carbocycles. The van der Waals surface area contributed by atoms with E-state index >= 15 is 0 Å². The second-order valence-electron chi connectivity index (χ2n) is 8.98. The highest BCUT2D eigenvalue weighted by molar-refractivity contribution is 6.30. The fraction of sp³-hybridized carbons (Fsp3) is 0.440. The summed E-state index contributed by atoms with van der Waals surface area (Å²) >= 11 is 5.80. The van der Waals surface area contributed by atoms with Gasteiger partial charge in [0.2, 0.25) is 0 Å². The number of hydrogen-bond acceptors (Lipinski definition) is 4. The number of amides is 3. The van der Waals surface area contributed by atoms with Crippen LogP contribution >= 0.6 is 11.6 Å². The van der Waals surface area contributed by atoms with E-state index in [1.165, 1.54) is 18.6 Å². The van der Waals surface area contributed by atoms with Gasteiger partial charge in [-0.1, -0.05) is 44.7 Å². The van der Waals surface area contributed by atoms with Gasteiger partial charge in [0.1, 0.15) is 11.6 Å². The Morgan fingerprint density at radius 2 is 1.82 bits per heavy atom. The number of rotatable bonds is 9. The lowest BCUT2D eigenvalue weighted by atomic mass is 9.93. The SMILES string of the molecule is CC(C)CN(c1ccc(OCC(N)=O)cc1NC(=O)Nc1ccc(Cl)cc1F)C1CCCCC1.